The van der Waals surface area contributed by atoms with Gasteiger partial charge in [-0.3, -0.25) is 0 Å². The Morgan fingerprint density at radius 1 is 1.47 bits per heavy atom. The largest absolute Gasteiger partial charge is 0.394 e. The van der Waals surface area contributed by atoms with E-state index in [9.17, 15) is 5.11 Å². The van der Waals surface area contributed by atoms with Crippen molar-refractivity contribution >= 4 is 0 Å². The first-order valence-corrected chi connectivity index (χ1v) is 5.23. The molecular weight excluding hydrogens is 192 g/mol. The molecule has 0 radical (unpaired) electrons. The number of rotatable bonds is 5. The maximum atomic E-state index is 9.23. The first kappa shape index (κ1) is 12.1. The second-order valence-corrected chi connectivity index (χ2v) is 4.15. The fourth-order valence-electron chi connectivity index (χ4n) is 1.19. The molecular formula is C10H20N4O. The molecule has 5 heteroatoms. The Kier molecular flexibility index (Phi) is 3.82. The Bertz CT molecular complexity index is 317. The molecule has 1 atom stereocenters. The normalized spacial score (nSPS) is 15.3. The van der Waals surface area contributed by atoms with E-state index in [4.69, 9.17) is 0 Å². The first-order chi connectivity index (χ1) is 7.02. The van der Waals surface area contributed by atoms with Gasteiger partial charge in [-0.05, 0) is 20.3 Å². The summed E-state index contributed by atoms with van der Waals surface area (Å²) in [5.41, 5.74) is -0.236. The van der Waals surface area contributed by atoms with Crippen LogP contribution in [-0.4, -0.2) is 32.0 Å². The lowest BCUT2D eigenvalue weighted by Crippen LogP contribution is -2.45. The van der Waals surface area contributed by atoms with Crippen LogP contribution in [0.1, 0.15) is 31.9 Å². The smallest absolute Gasteiger partial charge is 0.146 e. The Balaban J connectivity index is 2.60. The number of aromatic nitrogens is 3. The van der Waals surface area contributed by atoms with Gasteiger partial charge >= 0.3 is 0 Å². The molecule has 1 rings (SSSR count). The maximum absolute atomic E-state index is 9.23. The number of aliphatic hydroxyl groups excluding tert-OH is 1. The minimum Gasteiger partial charge on any atom is -0.394 e. The SMILES string of the molecule is CCC(C)(CO)NCc1nnc(C)n1C. The van der Waals surface area contributed by atoms with E-state index in [2.05, 4.69) is 15.5 Å². The maximum Gasteiger partial charge on any atom is 0.146 e. The Hall–Kier alpha value is -0.940. The molecule has 0 aliphatic carbocycles. The predicted octanol–water partition coefficient (Wildman–Crippen LogP) is 0.374. The molecule has 0 aliphatic heterocycles. The lowest BCUT2D eigenvalue weighted by atomic mass is 10.0. The zero-order valence-electron chi connectivity index (χ0n) is 9.91. The third-order valence-corrected chi connectivity index (χ3v) is 2.99. The number of nitrogens with one attached hydrogen (secondary N) is 1. The molecule has 0 aromatic carbocycles. The summed E-state index contributed by atoms with van der Waals surface area (Å²) in [4.78, 5) is 0. The van der Waals surface area contributed by atoms with Gasteiger partial charge in [0.25, 0.3) is 0 Å². The summed E-state index contributed by atoms with van der Waals surface area (Å²) >= 11 is 0. The van der Waals surface area contributed by atoms with E-state index in [1.807, 2.05) is 32.4 Å². The van der Waals surface area contributed by atoms with Crippen LogP contribution < -0.4 is 5.32 Å². The number of hydrogen-bond acceptors (Lipinski definition) is 4. The van der Waals surface area contributed by atoms with Gasteiger partial charge in [-0.25, -0.2) is 0 Å². The molecule has 1 aromatic rings. The molecule has 0 fully saturated rings. The zero-order chi connectivity index (χ0) is 11.5. The highest BCUT2D eigenvalue weighted by molar-refractivity contribution is 4.94. The topological polar surface area (TPSA) is 63.0 Å². The van der Waals surface area contributed by atoms with Crippen LogP contribution in [0.5, 0.6) is 0 Å². The molecule has 5 nitrogen and oxygen atoms in total. The number of nitrogens with zero attached hydrogens (tertiary/aromatic N) is 3. The summed E-state index contributed by atoms with van der Waals surface area (Å²) in [6.45, 7) is 6.71. The molecule has 1 aromatic heterocycles. The molecule has 86 valence electrons. The van der Waals surface area contributed by atoms with Gasteiger partial charge < -0.3 is 15.0 Å². The molecule has 0 saturated heterocycles. The van der Waals surface area contributed by atoms with E-state index in [0.717, 1.165) is 18.1 Å². The van der Waals surface area contributed by atoms with E-state index in [0.29, 0.717) is 6.54 Å². The van der Waals surface area contributed by atoms with Crippen LogP contribution in [0.3, 0.4) is 0 Å². The van der Waals surface area contributed by atoms with Gasteiger partial charge in [0.1, 0.15) is 11.6 Å². The molecule has 15 heavy (non-hydrogen) atoms. The third-order valence-electron chi connectivity index (χ3n) is 2.99. The summed E-state index contributed by atoms with van der Waals surface area (Å²) in [5.74, 6) is 1.79. The monoisotopic (exact) mass is 212 g/mol. The van der Waals surface area contributed by atoms with E-state index >= 15 is 0 Å². The second-order valence-electron chi connectivity index (χ2n) is 4.15. The van der Waals surface area contributed by atoms with Crippen LogP contribution in [-0.2, 0) is 13.6 Å². The Morgan fingerprint density at radius 3 is 2.53 bits per heavy atom. The fourth-order valence-corrected chi connectivity index (χ4v) is 1.19. The minimum absolute atomic E-state index is 0.125. The molecule has 0 amide bonds. The highest BCUT2D eigenvalue weighted by atomic mass is 16.3. The predicted molar refractivity (Wildman–Crippen MR) is 58.4 cm³/mol. The molecule has 0 spiro atoms. The third kappa shape index (κ3) is 2.76. The summed E-state index contributed by atoms with van der Waals surface area (Å²) in [6.07, 6.45) is 0.875. The molecule has 2 N–H and O–H groups in total. The summed E-state index contributed by atoms with van der Waals surface area (Å²) in [6, 6.07) is 0. The average molecular weight is 212 g/mol. The van der Waals surface area contributed by atoms with Crippen molar-refractivity contribution in [2.24, 2.45) is 7.05 Å². The molecule has 1 heterocycles. The second kappa shape index (κ2) is 4.72. The first-order valence-electron chi connectivity index (χ1n) is 5.23. The molecule has 0 bridgehead atoms. The van der Waals surface area contributed by atoms with Gasteiger partial charge in [-0.2, -0.15) is 0 Å². The van der Waals surface area contributed by atoms with Crippen molar-refractivity contribution in [3.05, 3.63) is 11.6 Å². The van der Waals surface area contributed by atoms with Crippen molar-refractivity contribution in [2.75, 3.05) is 6.61 Å². The van der Waals surface area contributed by atoms with Crippen LogP contribution in [0.15, 0.2) is 0 Å². The Labute approximate surface area is 90.5 Å². The van der Waals surface area contributed by atoms with E-state index in [1.165, 1.54) is 0 Å². The zero-order valence-corrected chi connectivity index (χ0v) is 9.91. The van der Waals surface area contributed by atoms with Crippen LogP contribution in [0.2, 0.25) is 0 Å². The standard InChI is InChI=1S/C10H20N4O/c1-5-10(3,7-15)11-6-9-13-12-8(2)14(9)4/h11,15H,5-7H2,1-4H3. The van der Waals surface area contributed by atoms with Gasteiger partial charge in [0, 0.05) is 12.6 Å². The van der Waals surface area contributed by atoms with Crippen molar-refractivity contribution in [3.8, 4) is 0 Å². The molecule has 0 saturated carbocycles. The van der Waals surface area contributed by atoms with Gasteiger partial charge in [0.2, 0.25) is 0 Å². The highest BCUT2D eigenvalue weighted by Crippen LogP contribution is 2.09. The van der Waals surface area contributed by atoms with Crippen molar-refractivity contribution in [2.45, 2.75) is 39.3 Å². The van der Waals surface area contributed by atoms with Crippen LogP contribution >= 0.6 is 0 Å². The minimum atomic E-state index is -0.236. The van der Waals surface area contributed by atoms with Crippen molar-refractivity contribution in [1.29, 1.82) is 0 Å². The summed E-state index contributed by atoms with van der Waals surface area (Å²) < 4.78 is 1.94. The van der Waals surface area contributed by atoms with Gasteiger partial charge in [0.05, 0.1) is 13.2 Å². The van der Waals surface area contributed by atoms with Gasteiger partial charge in [-0.1, -0.05) is 6.92 Å². The lowest BCUT2D eigenvalue weighted by molar-refractivity contribution is 0.167. The highest BCUT2D eigenvalue weighted by Gasteiger charge is 2.20. The van der Waals surface area contributed by atoms with Crippen molar-refractivity contribution in [3.63, 3.8) is 0 Å². The number of hydrogen-bond donors (Lipinski definition) is 2. The van der Waals surface area contributed by atoms with E-state index in [-0.39, 0.29) is 12.1 Å². The fraction of sp³-hybridized carbons (Fsp3) is 0.800. The van der Waals surface area contributed by atoms with Crippen molar-refractivity contribution < 1.29 is 5.11 Å². The molecule has 1 unspecified atom stereocenters. The van der Waals surface area contributed by atoms with Crippen LogP contribution in [0, 0.1) is 6.92 Å². The van der Waals surface area contributed by atoms with Crippen LogP contribution in [0.4, 0.5) is 0 Å². The van der Waals surface area contributed by atoms with E-state index < -0.39 is 0 Å². The molecule has 0 aliphatic rings. The Morgan fingerprint density at radius 2 is 2.13 bits per heavy atom. The number of aliphatic hydroxyl groups is 1. The summed E-state index contributed by atoms with van der Waals surface area (Å²) in [7, 11) is 1.94. The van der Waals surface area contributed by atoms with Gasteiger partial charge in [-0.15, -0.1) is 10.2 Å². The van der Waals surface area contributed by atoms with Crippen LogP contribution in [0.25, 0.3) is 0 Å². The lowest BCUT2D eigenvalue weighted by Gasteiger charge is -2.26. The number of aryl methyl sites for hydroxylation is 1. The quantitative estimate of drug-likeness (QED) is 0.740. The van der Waals surface area contributed by atoms with Gasteiger partial charge in [0.15, 0.2) is 0 Å². The van der Waals surface area contributed by atoms with E-state index in [1.54, 1.807) is 0 Å². The van der Waals surface area contributed by atoms with Crippen molar-refractivity contribution in [1.82, 2.24) is 20.1 Å². The summed E-state index contributed by atoms with van der Waals surface area (Å²) in [5, 5.41) is 20.6. The average Bonchev–Trinajstić information content (AvgIpc) is 2.57.